The Balaban J connectivity index is 2.39. The van der Waals surface area contributed by atoms with Crippen molar-refractivity contribution < 1.29 is 17.9 Å². The van der Waals surface area contributed by atoms with Crippen molar-refractivity contribution in [3.63, 3.8) is 0 Å². The van der Waals surface area contributed by atoms with Gasteiger partial charge in [-0.3, -0.25) is 0 Å². The van der Waals surface area contributed by atoms with Gasteiger partial charge in [0.2, 0.25) is 0 Å². The molecule has 0 amide bonds. The van der Waals surface area contributed by atoms with Crippen LogP contribution < -0.4 is 10.1 Å². The van der Waals surface area contributed by atoms with Gasteiger partial charge in [0.05, 0.1) is 17.8 Å². The van der Waals surface area contributed by atoms with E-state index in [1.54, 1.807) is 0 Å². The zero-order chi connectivity index (χ0) is 12.6. The molecule has 0 aliphatic carbocycles. The second-order valence-electron chi connectivity index (χ2n) is 3.85. The summed E-state index contributed by atoms with van der Waals surface area (Å²) in [6.45, 7) is 2.50. The molecule has 0 fully saturated rings. The summed E-state index contributed by atoms with van der Waals surface area (Å²) >= 11 is 2.93. The molecule has 2 nitrogen and oxygen atoms in total. The first-order valence-electron chi connectivity index (χ1n) is 5.23. The molecule has 0 bridgehead atoms. The molecule has 1 aromatic rings. The number of hydrogen-bond acceptors (Lipinski definition) is 2. The predicted molar refractivity (Wildman–Crippen MR) is 62.3 cm³/mol. The fourth-order valence-electron chi connectivity index (χ4n) is 1.68. The first-order valence-corrected chi connectivity index (χ1v) is 6.02. The molecular formula is C11H11BrF3NO. The molecule has 1 aliphatic rings. The number of rotatable bonds is 1. The Morgan fingerprint density at radius 3 is 2.76 bits per heavy atom. The third-order valence-electron chi connectivity index (χ3n) is 2.64. The van der Waals surface area contributed by atoms with Gasteiger partial charge in [0, 0.05) is 4.47 Å². The van der Waals surface area contributed by atoms with Crippen LogP contribution in [0.15, 0.2) is 16.6 Å². The Kier molecular flexibility index (Phi) is 3.25. The number of halogens is 4. The monoisotopic (exact) mass is 309 g/mol. The molecule has 1 N–H and O–H groups in total. The number of hydrogen-bond donors (Lipinski definition) is 1. The minimum Gasteiger partial charge on any atom is -0.486 e. The molecular weight excluding hydrogens is 299 g/mol. The second-order valence-corrected chi connectivity index (χ2v) is 4.71. The first kappa shape index (κ1) is 12.5. The van der Waals surface area contributed by atoms with Gasteiger partial charge in [-0.25, -0.2) is 0 Å². The maximum absolute atomic E-state index is 12.7. The van der Waals surface area contributed by atoms with Gasteiger partial charge in [-0.15, -0.1) is 0 Å². The highest BCUT2D eigenvalue weighted by Crippen LogP contribution is 2.41. The third kappa shape index (κ3) is 2.51. The van der Waals surface area contributed by atoms with Crippen LogP contribution in [0.1, 0.15) is 18.9 Å². The lowest BCUT2D eigenvalue weighted by Crippen LogP contribution is -2.30. The average Bonchev–Trinajstić information content (AvgIpc) is 2.25. The SMILES string of the molecule is CCC1CNc2cc(C(F)(F)F)c(Br)cc2O1. The Morgan fingerprint density at radius 1 is 1.47 bits per heavy atom. The normalized spacial score (nSPS) is 19.2. The molecule has 0 aromatic heterocycles. The maximum Gasteiger partial charge on any atom is 0.417 e. The van der Waals surface area contributed by atoms with Gasteiger partial charge in [0.15, 0.2) is 0 Å². The summed E-state index contributed by atoms with van der Waals surface area (Å²) in [5.41, 5.74) is -0.299. The van der Waals surface area contributed by atoms with Crippen LogP contribution >= 0.6 is 15.9 Å². The summed E-state index contributed by atoms with van der Waals surface area (Å²) in [4.78, 5) is 0. The van der Waals surface area contributed by atoms with Gasteiger partial charge >= 0.3 is 6.18 Å². The predicted octanol–water partition coefficient (Wildman–Crippen LogP) is 4.05. The van der Waals surface area contributed by atoms with E-state index in [-0.39, 0.29) is 10.6 Å². The van der Waals surface area contributed by atoms with E-state index in [0.717, 1.165) is 12.5 Å². The molecule has 94 valence electrons. The van der Waals surface area contributed by atoms with E-state index >= 15 is 0 Å². The Bertz CT molecular complexity index is 433. The molecule has 1 unspecified atom stereocenters. The zero-order valence-corrected chi connectivity index (χ0v) is 10.7. The van der Waals surface area contributed by atoms with Crippen LogP contribution in [0.4, 0.5) is 18.9 Å². The van der Waals surface area contributed by atoms with Crippen molar-refractivity contribution in [2.24, 2.45) is 0 Å². The Hall–Kier alpha value is -0.910. The average molecular weight is 310 g/mol. The molecule has 0 saturated carbocycles. The van der Waals surface area contributed by atoms with Crippen LogP contribution in [0.5, 0.6) is 5.75 Å². The minimum atomic E-state index is -4.36. The van der Waals surface area contributed by atoms with E-state index in [4.69, 9.17) is 4.74 Å². The highest BCUT2D eigenvalue weighted by atomic mass is 79.9. The lowest BCUT2D eigenvalue weighted by Gasteiger charge is -2.27. The van der Waals surface area contributed by atoms with Crippen LogP contribution in [0.3, 0.4) is 0 Å². The van der Waals surface area contributed by atoms with E-state index < -0.39 is 11.7 Å². The number of benzene rings is 1. The maximum atomic E-state index is 12.7. The Labute approximate surface area is 105 Å². The molecule has 1 aromatic carbocycles. The fraction of sp³-hybridized carbons (Fsp3) is 0.455. The van der Waals surface area contributed by atoms with Gasteiger partial charge in [-0.05, 0) is 18.6 Å². The molecule has 0 spiro atoms. The third-order valence-corrected chi connectivity index (χ3v) is 3.30. The summed E-state index contributed by atoms with van der Waals surface area (Å²) in [6, 6.07) is 2.44. The standard InChI is InChI=1S/C11H11BrF3NO/c1-2-6-5-16-9-3-7(11(13,14)15)8(12)4-10(9)17-6/h3-4,6,16H,2,5H2,1H3. The van der Waals surface area contributed by atoms with Crippen molar-refractivity contribution >= 4 is 21.6 Å². The number of ether oxygens (including phenoxy) is 1. The van der Waals surface area contributed by atoms with Crippen molar-refractivity contribution in [2.75, 3.05) is 11.9 Å². The minimum absolute atomic E-state index is 0.00213. The van der Waals surface area contributed by atoms with E-state index in [9.17, 15) is 13.2 Å². The summed E-state index contributed by atoms with van der Waals surface area (Å²) < 4.78 is 43.6. The van der Waals surface area contributed by atoms with E-state index in [2.05, 4.69) is 21.2 Å². The number of fused-ring (bicyclic) bond motifs is 1. The van der Waals surface area contributed by atoms with Gasteiger partial charge in [0.25, 0.3) is 0 Å². The van der Waals surface area contributed by atoms with Crippen LogP contribution in [0, 0.1) is 0 Å². The molecule has 1 heterocycles. The largest absolute Gasteiger partial charge is 0.486 e. The van der Waals surface area contributed by atoms with Crippen LogP contribution in [0.2, 0.25) is 0 Å². The molecule has 0 saturated heterocycles. The zero-order valence-electron chi connectivity index (χ0n) is 9.07. The van der Waals surface area contributed by atoms with Crippen LogP contribution in [-0.2, 0) is 6.18 Å². The van der Waals surface area contributed by atoms with E-state index in [1.165, 1.54) is 6.07 Å². The van der Waals surface area contributed by atoms with Crippen molar-refractivity contribution in [1.29, 1.82) is 0 Å². The molecule has 2 rings (SSSR count). The van der Waals surface area contributed by atoms with Crippen molar-refractivity contribution in [1.82, 2.24) is 0 Å². The van der Waals surface area contributed by atoms with Crippen molar-refractivity contribution in [3.8, 4) is 5.75 Å². The van der Waals surface area contributed by atoms with Gasteiger partial charge < -0.3 is 10.1 Å². The smallest absolute Gasteiger partial charge is 0.417 e. The summed E-state index contributed by atoms with van der Waals surface area (Å²) in [6.07, 6.45) is -3.55. The van der Waals surface area contributed by atoms with Gasteiger partial charge in [-0.1, -0.05) is 22.9 Å². The Morgan fingerprint density at radius 2 is 2.18 bits per heavy atom. The quantitative estimate of drug-likeness (QED) is 0.845. The summed E-state index contributed by atoms with van der Waals surface area (Å²) in [5.74, 6) is 0.461. The van der Waals surface area contributed by atoms with Crippen molar-refractivity contribution in [2.45, 2.75) is 25.6 Å². The summed E-state index contributed by atoms with van der Waals surface area (Å²) in [5, 5.41) is 2.96. The van der Waals surface area contributed by atoms with Crippen molar-refractivity contribution in [3.05, 3.63) is 22.2 Å². The molecule has 17 heavy (non-hydrogen) atoms. The second kappa shape index (κ2) is 4.40. The molecule has 0 radical (unpaired) electrons. The van der Waals surface area contributed by atoms with Gasteiger partial charge in [-0.2, -0.15) is 13.2 Å². The first-order chi connectivity index (χ1) is 7.91. The molecule has 6 heteroatoms. The topological polar surface area (TPSA) is 21.3 Å². The highest BCUT2D eigenvalue weighted by molar-refractivity contribution is 9.10. The lowest BCUT2D eigenvalue weighted by molar-refractivity contribution is -0.138. The van der Waals surface area contributed by atoms with E-state index in [0.29, 0.717) is 18.0 Å². The number of nitrogens with one attached hydrogen (secondary N) is 1. The van der Waals surface area contributed by atoms with Crippen LogP contribution in [-0.4, -0.2) is 12.6 Å². The highest BCUT2D eigenvalue weighted by Gasteiger charge is 2.34. The number of anilines is 1. The fourth-order valence-corrected chi connectivity index (χ4v) is 2.23. The lowest BCUT2D eigenvalue weighted by atomic mass is 10.1. The van der Waals surface area contributed by atoms with Crippen LogP contribution in [0.25, 0.3) is 0 Å². The van der Waals surface area contributed by atoms with Gasteiger partial charge in [0.1, 0.15) is 11.9 Å². The van der Waals surface area contributed by atoms with E-state index in [1.807, 2.05) is 6.92 Å². The molecule has 1 atom stereocenters. The number of alkyl halides is 3. The molecule has 1 aliphatic heterocycles. The summed E-state index contributed by atoms with van der Waals surface area (Å²) in [7, 11) is 0.